The lowest BCUT2D eigenvalue weighted by Gasteiger charge is -2.26. The molecule has 9 rings (SSSR count). The van der Waals surface area contributed by atoms with Crippen LogP contribution in [0.3, 0.4) is 0 Å². The van der Waals surface area contributed by atoms with E-state index in [0.717, 1.165) is 50.1 Å². The minimum absolute atomic E-state index is 0.869. The van der Waals surface area contributed by atoms with Crippen LogP contribution in [0.1, 0.15) is 0 Å². The minimum atomic E-state index is 0.869. The van der Waals surface area contributed by atoms with Gasteiger partial charge in [0.15, 0.2) is 5.58 Å². The van der Waals surface area contributed by atoms with E-state index >= 15 is 0 Å². The van der Waals surface area contributed by atoms with Gasteiger partial charge in [0.25, 0.3) is 0 Å². The predicted octanol–water partition coefficient (Wildman–Crippen LogP) is 12.2. The Morgan fingerprint density at radius 1 is 0.489 bits per heavy atom. The van der Waals surface area contributed by atoms with Crippen LogP contribution < -0.4 is 4.90 Å². The molecular formula is C41H26N2OS. The molecule has 0 radical (unpaired) electrons. The molecule has 212 valence electrons. The standard InChI is InChI=1S/C41H26N2OS/c1-2-9-27(10-3-1)28-17-21-30(22-18-28)43(36-14-8-13-33-32-11-4-6-15-37(32)44-41(33)36)31-23-19-29(20-24-31)35-25-42-26-39-40(35)34-12-5-7-16-38(34)45-39/h1-26H. The summed E-state index contributed by atoms with van der Waals surface area (Å²) in [5.41, 5.74) is 9.53. The van der Waals surface area contributed by atoms with E-state index in [1.165, 1.54) is 31.3 Å². The zero-order valence-electron chi connectivity index (χ0n) is 24.2. The molecule has 0 aliphatic carbocycles. The highest BCUT2D eigenvalue weighted by Gasteiger charge is 2.20. The van der Waals surface area contributed by atoms with Crippen LogP contribution in [0.5, 0.6) is 0 Å². The van der Waals surface area contributed by atoms with Crippen LogP contribution >= 0.6 is 11.3 Å². The van der Waals surface area contributed by atoms with E-state index in [-0.39, 0.29) is 0 Å². The Balaban J connectivity index is 1.20. The number of benzene rings is 6. The van der Waals surface area contributed by atoms with Gasteiger partial charge in [0.05, 0.1) is 10.4 Å². The lowest BCUT2D eigenvalue weighted by molar-refractivity contribution is 0.669. The number of anilines is 3. The first-order valence-corrected chi connectivity index (χ1v) is 15.8. The Bertz CT molecular complexity index is 2480. The quantitative estimate of drug-likeness (QED) is 0.198. The first kappa shape index (κ1) is 25.8. The third-order valence-corrected chi connectivity index (χ3v) is 9.69. The van der Waals surface area contributed by atoms with Crippen molar-refractivity contribution in [1.82, 2.24) is 4.98 Å². The fourth-order valence-corrected chi connectivity index (χ4v) is 7.55. The Morgan fingerprint density at radius 2 is 1.13 bits per heavy atom. The fourth-order valence-electron chi connectivity index (χ4n) is 6.46. The number of aromatic nitrogens is 1. The summed E-state index contributed by atoms with van der Waals surface area (Å²) < 4.78 is 9.01. The normalized spacial score (nSPS) is 11.6. The molecule has 0 saturated heterocycles. The van der Waals surface area contributed by atoms with Crippen molar-refractivity contribution in [2.45, 2.75) is 0 Å². The van der Waals surface area contributed by atoms with Crippen molar-refractivity contribution in [3.63, 3.8) is 0 Å². The third kappa shape index (κ3) is 4.30. The molecule has 3 aromatic heterocycles. The van der Waals surface area contributed by atoms with E-state index in [0.29, 0.717) is 0 Å². The molecule has 0 amide bonds. The van der Waals surface area contributed by atoms with Crippen molar-refractivity contribution in [1.29, 1.82) is 0 Å². The SMILES string of the molecule is c1ccc(-c2ccc(N(c3ccc(-c4cncc5sc6ccccc6c45)cc3)c3cccc4c3oc3ccccc34)cc2)cc1. The number of hydrogen-bond acceptors (Lipinski definition) is 4. The monoisotopic (exact) mass is 594 g/mol. The van der Waals surface area contributed by atoms with Crippen LogP contribution in [0.2, 0.25) is 0 Å². The van der Waals surface area contributed by atoms with Crippen molar-refractivity contribution in [2.75, 3.05) is 4.90 Å². The molecule has 45 heavy (non-hydrogen) atoms. The molecule has 0 fully saturated rings. The molecular weight excluding hydrogens is 569 g/mol. The number of thiophene rings is 1. The molecule has 0 unspecified atom stereocenters. The number of hydrogen-bond donors (Lipinski definition) is 0. The highest BCUT2D eigenvalue weighted by atomic mass is 32.1. The Hall–Kier alpha value is -5.71. The van der Waals surface area contributed by atoms with Crippen LogP contribution in [-0.4, -0.2) is 4.98 Å². The Morgan fingerprint density at radius 3 is 1.93 bits per heavy atom. The van der Waals surface area contributed by atoms with Gasteiger partial charge in [-0.1, -0.05) is 103 Å². The maximum Gasteiger partial charge on any atom is 0.159 e. The molecule has 0 bridgehead atoms. The molecule has 0 saturated carbocycles. The summed E-state index contributed by atoms with van der Waals surface area (Å²) in [4.78, 5) is 6.91. The van der Waals surface area contributed by atoms with Crippen LogP contribution in [0.4, 0.5) is 17.1 Å². The molecule has 3 nitrogen and oxygen atoms in total. The van der Waals surface area contributed by atoms with Gasteiger partial charge in [0.2, 0.25) is 0 Å². The Kier molecular flexibility index (Phi) is 6.00. The Labute approximate surface area is 264 Å². The summed E-state index contributed by atoms with van der Waals surface area (Å²) in [6.07, 6.45) is 3.97. The van der Waals surface area contributed by atoms with Gasteiger partial charge in [-0.2, -0.15) is 0 Å². The summed E-state index contributed by atoms with van der Waals surface area (Å²) in [5, 5.41) is 4.76. The van der Waals surface area contributed by atoms with Crippen molar-refractivity contribution < 1.29 is 4.42 Å². The van der Waals surface area contributed by atoms with Gasteiger partial charge in [-0.25, -0.2) is 0 Å². The lowest BCUT2D eigenvalue weighted by atomic mass is 10.0. The molecule has 4 heteroatoms. The van der Waals surface area contributed by atoms with Crippen LogP contribution in [0.25, 0.3) is 64.4 Å². The van der Waals surface area contributed by atoms with Gasteiger partial charge in [0, 0.05) is 55.6 Å². The largest absolute Gasteiger partial charge is 0.454 e. The lowest BCUT2D eigenvalue weighted by Crippen LogP contribution is -2.10. The zero-order valence-corrected chi connectivity index (χ0v) is 25.0. The third-order valence-electron chi connectivity index (χ3n) is 8.58. The van der Waals surface area contributed by atoms with Crippen molar-refractivity contribution in [3.8, 4) is 22.3 Å². The second kappa shape index (κ2) is 10.5. The second-order valence-corrected chi connectivity index (χ2v) is 12.3. The summed E-state index contributed by atoms with van der Waals surface area (Å²) >= 11 is 1.79. The first-order chi connectivity index (χ1) is 22.3. The summed E-state index contributed by atoms with van der Waals surface area (Å²) in [6, 6.07) is 51.4. The maximum atomic E-state index is 6.53. The number of pyridine rings is 1. The molecule has 9 aromatic rings. The molecule has 0 spiro atoms. The number of para-hydroxylation sites is 2. The van der Waals surface area contributed by atoms with Crippen LogP contribution in [0.15, 0.2) is 162 Å². The highest BCUT2D eigenvalue weighted by Crippen LogP contribution is 2.44. The van der Waals surface area contributed by atoms with Gasteiger partial charge < -0.3 is 9.32 Å². The van der Waals surface area contributed by atoms with Gasteiger partial charge in [-0.3, -0.25) is 4.98 Å². The number of rotatable bonds is 5. The first-order valence-electron chi connectivity index (χ1n) is 15.0. The highest BCUT2D eigenvalue weighted by molar-refractivity contribution is 7.25. The van der Waals surface area contributed by atoms with Crippen LogP contribution in [0, 0.1) is 0 Å². The summed E-state index contributed by atoms with van der Waals surface area (Å²) in [6.45, 7) is 0. The van der Waals surface area contributed by atoms with E-state index < -0.39 is 0 Å². The van der Waals surface area contributed by atoms with Gasteiger partial charge >= 0.3 is 0 Å². The summed E-state index contributed by atoms with van der Waals surface area (Å²) in [7, 11) is 0. The molecule has 6 aromatic carbocycles. The molecule has 0 N–H and O–H groups in total. The molecule has 0 aliphatic rings. The van der Waals surface area contributed by atoms with Crippen molar-refractivity contribution >= 4 is 70.5 Å². The number of nitrogens with zero attached hydrogens (tertiary/aromatic N) is 2. The van der Waals surface area contributed by atoms with Gasteiger partial charge in [-0.05, 0) is 59.2 Å². The van der Waals surface area contributed by atoms with Gasteiger partial charge in [0.1, 0.15) is 5.58 Å². The minimum Gasteiger partial charge on any atom is -0.454 e. The second-order valence-electron chi connectivity index (χ2n) is 11.2. The molecule has 0 atom stereocenters. The smallest absolute Gasteiger partial charge is 0.159 e. The fraction of sp³-hybridized carbons (Fsp3) is 0. The van der Waals surface area contributed by atoms with Crippen molar-refractivity contribution in [2.24, 2.45) is 0 Å². The predicted molar refractivity (Wildman–Crippen MR) is 190 cm³/mol. The average molecular weight is 595 g/mol. The zero-order chi connectivity index (χ0) is 29.7. The number of fused-ring (bicyclic) bond motifs is 6. The van der Waals surface area contributed by atoms with Crippen LogP contribution in [-0.2, 0) is 0 Å². The molecule has 3 heterocycles. The van der Waals surface area contributed by atoms with E-state index in [1.54, 1.807) is 11.3 Å². The van der Waals surface area contributed by atoms with E-state index in [2.05, 4.69) is 143 Å². The van der Waals surface area contributed by atoms with E-state index in [4.69, 9.17) is 4.42 Å². The number of furan rings is 1. The van der Waals surface area contributed by atoms with Gasteiger partial charge in [-0.15, -0.1) is 11.3 Å². The maximum absolute atomic E-state index is 6.53. The van der Waals surface area contributed by atoms with E-state index in [1.807, 2.05) is 24.5 Å². The average Bonchev–Trinajstić information content (AvgIpc) is 3.69. The summed E-state index contributed by atoms with van der Waals surface area (Å²) in [5.74, 6) is 0. The van der Waals surface area contributed by atoms with E-state index in [9.17, 15) is 0 Å². The molecule has 0 aliphatic heterocycles. The topological polar surface area (TPSA) is 29.3 Å². The van der Waals surface area contributed by atoms with Crippen molar-refractivity contribution in [3.05, 3.63) is 158 Å².